The van der Waals surface area contributed by atoms with E-state index in [4.69, 9.17) is 0 Å². The molecule has 154 valence electrons. The van der Waals surface area contributed by atoms with Crippen LogP contribution in [0.1, 0.15) is 12.8 Å². The van der Waals surface area contributed by atoms with E-state index >= 15 is 0 Å². The highest BCUT2D eigenvalue weighted by molar-refractivity contribution is 7.92. The molecule has 0 unspecified atom stereocenters. The normalized spacial score (nSPS) is 24.1. The van der Waals surface area contributed by atoms with Crippen LogP contribution in [-0.2, 0) is 9.84 Å². The van der Waals surface area contributed by atoms with Crippen molar-refractivity contribution in [3.8, 4) is 0 Å². The van der Waals surface area contributed by atoms with E-state index in [1.807, 2.05) is 13.1 Å². The number of sulfone groups is 1. The van der Waals surface area contributed by atoms with Gasteiger partial charge in [0.25, 0.3) is 0 Å². The fraction of sp³-hybridized carbons (Fsp3) is 0.647. The van der Waals surface area contributed by atoms with Crippen molar-refractivity contribution >= 4 is 26.7 Å². The Morgan fingerprint density at radius 2 is 2.00 bits per heavy atom. The Labute approximate surface area is 160 Å². The van der Waals surface area contributed by atoms with E-state index < -0.39 is 27.8 Å². The fourth-order valence-electron chi connectivity index (χ4n) is 4.06. The largest absolute Gasteiger partial charge is 0.401 e. The second kappa shape index (κ2) is 6.87. The van der Waals surface area contributed by atoms with Gasteiger partial charge in [-0.05, 0) is 24.8 Å². The average Bonchev–Trinajstić information content (AvgIpc) is 3.00. The van der Waals surface area contributed by atoms with Crippen molar-refractivity contribution in [1.82, 2.24) is 19.9 Å². The van der Waals surface area contributed by atoms with Crippen molar-refractivity contribution < 1.29 is 21.6 Å². The van der Waals surface area contributed by atoms with Gasteiger partial charge in [0.2, 0.25) is 0 Å². The van der Waals surface area contributed by atoms with Gasteiger partial charge in [0.1, 0.15) is 17.8 Å². The lowest BCUT2D eigenvalue weighted by atomic mass is 9.81. The third kappa shape index (κ3) is 3.82. The Kier molecular flexibility index (Phi) is 4.77. The summed E-state index contributed by atoms with van der Waals surface area (Å²) in [6.07, 6.45) is 0.462. The predicted molar refractivity (Wildman–Crippen MR) is 98.9 cm³/mol. The minimum Gasteiger partial charge on any atom is -0.356 e. The number of nitrogens with one attached hydrogen (secondary N) is 1. The second-order valence-corrected chi connectivity index (χ2v) is 10.1. The van der Waals surface area contributed by atoms with Crippen LogP contribution in [0.2, 0.25) is 0 Å². The minimum absolute atomic E-state index is 0.0235. The molecule has 7 nitrogen and oxygen atoms in total. The quantitative estimate of drug-likeness (QED) is 0.772. The van der Waals surface area contributed by atoms with E-state index in [9.17, 15) is 21.6 Å². The summed E-state index contributed by atoms with van der Waals surface area (Å²) in [6, 6.07) is 2.10. The van der Waals surface area contributed by atoms with E-state index in [1.165, 1.54) is 6.33 Å². The lowest BCUT2D eigenvalue weighted by Gasteiger charge is -2.44. The molecule has 2 aliphatic rings. The molecule has 2 fully saturated rings. The maximum absolute atomic E-state index is 12.5. The predicted octanol–water partition coefficient (Wildman–Crippen LogP) is 1.83. The van der Waals surface area contributed by atoms with Crippen LogP contribution >= 0.6 is 0 Å². The van der Waals surface area contributed by atoms with Gasteiger partial charge in [0.15, 0.2) is 9.84 Å². The van der Waals surface area contributed by atoms with Gasteiger partial charge >= 0.3 is 6.18 Å². The number of hydrogen-bond acceptors (Lipinski definition) is 6. The van der Waals surface area contributed by atoms with Gasteiger partial charge < -0.3 is 9.88 Å². The topological polar surface area (TPSA) is 82.2 Å². The summed E-state index contributed by atoms with van der Waals surface area (Å²) >= 11 is 0. The molecule has 0 amide bonds. The summed E-state index contributed by atoms with van der Waals surface area (Å²) in [5, 5.41) is 0.244. The molecule has 0 bridgehead atoms. The van der Waals surface area contributed by atoms with Gasteiger partial charge in [-0.1, -0.05) is 0 Å². The zero-order chi connectivity index (χ0) is 20.1. The maximum atomic E-state index is 12.5. The summed E-state index contributed by atoms with van der Waals surface area (Å²) in [4.78, 5) is 14.7. The molecule has 2 aromatic heterocycles. The Balaban J connectivity index is 1.29. The molecule has 1 saturated heterocycles. The summed E-state index contributed by atoms with van der Waals surface area (Å²) < 4.78 is 62.0. The first kappa shape index (κ1) is 19.4. The zero-order valence-corrected chi connectivity index (χ0v) is 16.2. The number of aromatic nitrogens is 3. The Hall–Kier alpha value is -1.88. The summed E-state index contributed by atoms with van der Waals surface area (Å²) in [5.74, 6) is 0.891. The minimum atomic E-state index is -4.29. The molecule has 11 heteroatoms. The molecule has 4 rings (SSSR count). The van der Waals surface area contributed by atoms with Crippen LogP contribution in [0.25, 0.3) is 11.0 Å². The van der Waals surface area contributed by atoms with Crippen LogP contribution in [-0.4, -0.2) is 78.2 Å². The standard InChI is InChI=1S/C17H22F3N5O2S/c1-24(16-14-2-3-21-15(14)22-10-23-16)12-4-11(5-12)8-28(26,27)13-6-25(7-13)9-17(18,19)20/h2-3,10-13H,4-9H2,1H3,(H,21,22,23)/t11-,12+. The van der Waals surface area contributed by atoms with Crippen molar-refractivity contribution in [3.63, 3.8) is 0 Å². The summed E-state index contributed by atoms with van der Waals surface area (Å²) in [5.41, 5.74) is 0.753. The number of H-pyrrole nitrogens is 1. The number of rotatable bonds is 6. The smallest absolute Gasteiger partial charge is 0.356 e. The molecule has 3 heterocycles. The van der Waals surface area contributed by atoms with Crippen molar-refractivity contribution in [2.75, 3.05) is 37.3 Å². The Morgan fingerprint density at radius 1 is 1.29 bits per heavy atom. The van der Waals surface area contributed by atoms with Crippen LogP contribution in [0.3, 0.4) is 0 Å². The third-order valence-electron chi connectivity index (χ3n) is 5.73. The first-order valence-electron chi connectivity index (χ1n) is 9.14. The number of fused-ring (bicyclic) bond motifs is 1. The van der Waals surface area contributed by atoms with Crippen LogP contribution in [0.4, 0.5) is 19.0 Å². The zero-order valence-electron chi connectivity index (χ0n) is 15.4. The number of nitrogens with zero attached hydrogens (tertiary/aromatic N) is 4. The first-order chi connectivity index (χ1) is 13.1. The van der Waals surface area contributed by atoms with Crippen LogP contribution < -0.4 is 4.90 Å². The molecule has 1 N–H and O–H groups in total. The number of anilines is 1. The van der Waals surface area contributed by atoms with Crippen LogP contribution in [0.5, 0.6) is 0 Å². The molecule has 0 atom stereocenters. The fourth-order valence-corrected chi connectivity index (χ4v) is 6.14. The number of likely N-dealkylation sites (tertiary alicyclic amines) is 1. The molecule has 0 spiro atoms. The Bertz CT molecular complexity index is 949. The molecule has 1 aliphatic heterocycles. The number of alkyl halides is 3. The molecule has 28 heavy (non-hydrogen) atoms. The number of aromatic amines is 1. The Morgan fingerprint density at radius 3 is 2.68 bits per heavy atom. The average molecular weight is 417 g/mol. The molecule has 0 aromatic carbocycles. The van der Waals surface area contributed by atoms with Gasteiger partial charge in [-0.25, -0.2) is 18.4 Å². The highest BCUT2D eigenvalue weighted by atomic mass is 32.2. The van der Waals surface area contributed by atoms with Crippen LogP contribution in [0, 0.1) is 5.92 Å². The summed E-state index contributed by atoms with van der Waals surface area (Å²) in [6.45, 7) is -1.09. The molecule has 2 aromatic rings. The van der Waals surface area contributed by atoms with Crippen LogP contribution in [0.15, 0.2) is 18.6 Å². The van der Waals surface area contributed by atoms with Crippen molar-refractivity contribution in [2.45, 2.75) is 30.3 Å². The second-order valence-electron chi connectivity index (χ2n) is 7.80. The molecule has 1 aliphatic carbocycles. The number of halogens is 3. The molecule has 0 radical (unpaired) electrons. The molecular weight excluding hydrogens is 395 g/mol. The van der Waals surface area contributed by atoms with E-state index in [1.54, 1.807) is 6.20 Å². The van der Waals surface area contributed by atoms with E-state index in [0.717, 1.165) is 34.6 Å². The third-order valence-corrected chi connectivity index (χ3v) is 7.98. The number of hydrogen-bond donors (Lipinski definition) is 1. The van der Waals surface area contributed by atoms with E-state index in [2.05, 4.69) is 19.9 Å². The lowest BCUT2D eigenvalue weighted by molar-refractivity contribution is -0.152. The molecular formula is C17H22F3N5O2S. The van der Waals surface area contributed by atoms with Gasteiger partial charge in [-0.2, -0.15) is 13.2 Å². The molecule has 1 saturated carbocycles. The van der Waals surface area contributed by atoms with E-state index in [0.29, 0.717) is 0 Å². The van der Waals surface area contributed by atoms with Crippen molar-refractivity contribution in [1.29, 1.82) is 0 Å². The highest BCUT2D eigenvalue weighted by Crippen LogP contribution is 2.37. The van der Waals surface area contributed by atoms with Gasteiger partial charge in [-0.3, -0.25) is 4.90 Å². The van der Waals surface area contributed by atoms with E-state index in [-0.39, 0.29) is 30.8 Å². The highest BCUT2D eigenvalue weighted by Gasteiger charge is 2.44. The monoisotopic (exact) mass is 417 g/mol. The van der Waals surface area contributed by atoms with Crippen molar-refractivity contribution in [2.24, 2.45) is 5.92 Å². The van der Waals surface area contributed by atoms with Gasteiger partial charge in [-0.15, -0.1) is 0 Å². The lowest BCUT2D eigenvalue weighted by Crippen LogP contribution is -2.58. The van der Waals surface area contributed by atoms with Gasteiger partial charge in [0, 0.05) is 32.4 Å². The SMILES string of the molecule is CN(c1ncnc2[nH]ccc12)[C@H]1C[C@@H](CS(=O)(=O)C2CN(CC(F)(F)F)C2)C1. The first-order valence-corrected chi connectivity index (χ1v) is 10.9. The van der Waals surface area contributed by atoms with Gasteiger partial charge in [0.05, 0.1) is 22.9 Å². The summed E-state index contributed by atoms with van der Waals surface area (Å²) in [7, 11) is -1.43. The maximum Gasteiger partial charge on any atom is 0.401 e. The van der Waals surface area contributed by atoms with Crippen molar-refractivity contribution in [3.05, 3.63) is 18.6 Å².